The van der Waals surface area contributed by atoms with Gasteiger partial charge < -0.3 is 9.88 Å². The smallest absolute Gasteiger partial charge is 0.234 e. The second kappa shape index (κ2) is 6.47. The van der Waals surface area contributed by atoms with E-state index in [0.29, 0.717) is 11.7 Å². The lowest BCUT2D eigenvalue weighted by atomic mass is 10.3. The molecule has 1 amide bonds. The van der Waals surface area contributed by atoms with Crippen molar-refractivity contribution in [2.24, 2.45) is 0 Å². The summed E-state index contributed by atoms with van der Waals surface area (Å²) in [6, 6.07) is 2.98. The number of aryl methyl sites for hydroxylation is 1. The molecule has 0 aliphatic rings. The first-order valence-electron chi connectivity index (χ1n) is 5.85. The minimum absolute atomic E-state index is 0.0473. The molecule has 0 bridgehead atoms. The van der Waals surface area contributed by atoms with Crippen LogP contribution < -0.4 is 5.32 Å². The summed E-state index contributed by atoms with van der Waals surface area (Å²) in [5.74, 6) is -1.83. The van der Waals surface area contributed by atoms with Crippen LogP contribution in [0.25, 0.3) is 0 Å². The average Bonchev–Trinajstić information content (AvgIpc) is 2.87. The Labute approximate surface area is 118 Å². The van der Waals surface area contributed by atoms with Crippen molar-refractivity contribution in [1.82, 2.24) is 14.8 Å². The lowest BCUT2D eigenvalue weighted by Gasteiger charge is -2.06. The van der Waals surface area contributed by atoms with Gasteiger partial charge in [-0.05, 0) is 19.1 Å². The van der Waals surface area contributed by atoms with Gasteiger partial charge in [-0.3, -0.25) is 4.79 Å². The minimum atomic E-state index is -0.805. The number of nitrogens with zero attached hydrogens (tertiary/aromatic N) is 3. The van der Waals surface area contributed by atoms with Crippen LogP contribution in [0.15, 0.2) is 29.7 Å². The summed E-state index contributed by atoms with van der Waals surface area (Å²) in [5.41, 5.74) is -0.0473. The predicted molar refractivity (Wildman–Crippen MR) is 71.4 cm³/mol. The van der Waals surface area contributed by atoms with Gasteiger partial charge >= 0.3 is 0 Å². The number of halogens is 2. The number of carbonyl (C=O) groups is 1. The van der Waals surface area contributed by atoms with Crippen LogP contribution in [0.5, 0.6) is 0 Å². The fourth-order valence-corrected chi connectivity index (χ4v) is 2.26. The molecule has 0 aliphatic heterocycles. The number of hydrogen-bond donors (Lipinski definition) is 1. The molecule has 0 saturated heterocycles. The number of hydrogen-bond acceptors (Lipinski definition) is 4. The number of nitrogens with one attached hydrogen (secondary N) is 1. The van der Waals surface area contributed by atoms with Crippen LogP contribution in [0.4, 0.5) is 14.5 Å². The molecule has 5 nitrogen and oxygen atoms in total. The Morgan fingerprint density at radius 3 is 2.95 bits per heavy atom. The molecule has 106 valence electrons. The van der Waals surface area contributed by atoms with Gasteiger partial charge in [0.15, 0.2) is 5.16 Å². The zero-order chi connectivity index (χ0) is 14.5. The molecule has 0 unspecified atom stereocenters. The topological polar surface area (TPSA) is 59.8 Å². The van der Waals surface area contributed by atoms with Crippen LogP contribution in [0.3, 0.4) is 0 Å². The van der Waals surface area contributed by atoms with Crippen molar-refractivity contribution in [3.8, 4) is 0 Å². The van der Waals surface area contributed by atoms with Gasteiger partial charge in [0, 0.05) is 12.6 Å². The Balaban J connectivity index is 1.93. The molecule has 1 heterocycles. The van der Waals surface area contributed by atoms with Crippen molar-refractivity contribution in [2.75, 3.05) is 11.1 Å². The zero-order valence-corrected chi connectivity index (χ0v) is 11.5. The standard InChI is InChI=1S/C12H12F2N4OS/c1-2-18-7-15-17-12(18)20-6-11(19)16-10-4-3-8(13)5-9(10)14/h3-5,7H,2,6H2,1H3,(H,16,19). The highest BCUT2D eigenvalue weighted by Gasteiger charge is 2.10. The molecule has 0 saturated carbocycles. The van der Waals surface area contributed by atoms with Crippen LogP contribution in [0.2, 0.25) is 0 Å². The van der Waals surface area contributed by atoms with Crippen LogP contribution in [0, 0.1) is 11.6 Å². The Morgan fingerprint density at radius 1 is 1.45 bits per heavy atom. The first-order chi connectivity index (χ1) is 9.60. The maximum Gasteiger partial charge on any atom is 0.234 e. The number of anilines is 1. The quantitative estimate of drug-likeness (QED) is 0.861. The molecular weight excluding hydrogens is 286 g/mol. The third-order valence-corrected chi connectivity index (χ3v) is 3.44. The Hall–Kier alpha value is -1.96. The third kappa shape index (κ3) is 3.53. The van der Waals surface area contributed by atoms with Crippen molar-refractivity contribution in [1.29, 1.82) is 0 Å². The number of amides is 1. The summed E-state index contributed by atoms with van der Waals surface area (Å²) in [6.07, 6.45) is 1.57. The molecule has 1 N–H and O–H groups in total. The Morgan fingerprint density at radius 2 is 2.25 bits per heavy atom. The van der Waals surface area contributed by atoms with Gasteiger partial charge in [-0.25, -0.2) is 8.78 Å². The predicted octanol–water partition coefficient (Wildman–Crippen LogP) is 2.31. The summed E-state index contributed by atoms with van der Waals surface area (Å²) in [4.78, 5) is 11.7. The molecule has 0 aliphatic carbocycles. The number of aromatic nitrogens is 3. The summed E-state index contributed by atoms with van der Waals surface area (Å²) in [5, 5.41) is 10.6. The molecule has 0 atom stereocenters. The van der Waals surface area contributed by atoms with Crippen molar-refractivity contribution in [3.05, 3.63) is 36.2 Å². The van der Waals surface area contributed by atoms with Crippen molar-refractivity contribution in [3.63, 3.8) is 0 Å². The molecule has 1 aromatic carbocycles. The van der Waals surface area contributed by atoms with E-state index in [-0.39, 0.29) is 11.4 Å². The van der Waals surface area contributed by atoms with E-state index >= 15 is 0 Å². The van der Waals surface area contributed by atoms with Gasteiger partial charge in [0.2, 0.25) is 5.91 Å². The first-order valence-corrected chi connectivity index (χ1v) is 6.84. The van der Waals surface area contributed by atoms with E-state index in [4.69, 9.17) is 0 Å². The number of thioether (sulfide) groups is 1. The second-order valence-electron chi connectivity index (χ2n) is 3.86. The van der Waals surface area contributed by atoms with Gasteiger partial charge in [-0.1, -0.05) is 11.8 Å². The van der Waals surface area contributed by atoms with E-state index in [9.17, 15) is 13.6 Å². The Kier molecular flexibility index (Phi) is 4.67. The highest BCUT2D eigenvalue weighted by molar-refractivity contribution is 7.99. The molecule has 2 rings (SSSR count). The van der Waals surface area contributed by atoms with E-state index in [2.05, 4.69) is 15.5 Å². The molecule has 0 radical (unpaired) electrons. The highest BCUT2D eigenvalue weighted by atomic mass is 32.2. The molecule has 0 fully saturated rings. The summed E-state index contributed by atoms with van der Waals surface area (Å²) >= 11 is 1.20. The minimum Gasteiger partial charge on any atom is -0.323 e. The summed E-state index contributed by atoms with van der Waals surface area (Å²) in [6.45, 7) is 2.63. The monoisotopic (exact) mass is 298 g/mol. The van der Waals surface area contributed by atoms with Crippen LogP contribution in [-0.2, 0) is 11.3 Å². The molecule has 20 heavy (non-hydrogen) atoms. The fraction of sp³-hybridized carbons (Fsp3) is 0.250. The maximum absolute atomic E-state index is 13.4. The van der Waals surface area contributed by atoms with Gasteiger partial charge in [0.1, 0.15) is 18.0 Å². The van der Waals surface area contributed by atoms with E-state index in [1.807, 2.05) is 6.92 Å². The van der Waals surface area contributed by atoms with Crippen LogP contribution >= 0.6 is 11.8 Å². The normalized spacial score (nSPS) is 10.6. The van der Waals surface area contributed by atoms with Crippen molar-refractivity contribution < 1.29 is 13.6 Å². The van der Waals surface area contributed by atoms with E-state index in [1.165, 1.54) is 17.8 Å². The highest BCUT2D eigenvalue weighted by Crippen LogP contribution is 2.17. The average molecular weight is 298 g/mol. The molecule has 0 spiro atoms. The zero-order valence-electron chi connectivity index (χ0n) is 10.6. The van der Waals surface area contributed by atoms with E-state index < -0.39 is 17.5 Å². The first kappa shape index (κ1) is 14.4. The maximum atomic E-state index is 13.4. The number of rotatable bonds is 5. The second-order valence-corrected chi connectivity index (χ2v) is 4.80. The van der Waals surface area contributed by atoms with Gasteiger partial charge in [-0.15, -0.1) is 10.2 Å². The van der Waals surface area contributed by atoms with Crippen molar-refractivity contribution >= 4 is 23.4 Å². The molecule has 8 heteroatoms. The van der Waals surface area contributed by atoms with Crippen LogP contribution in [-0.4, -0.2) is 26.4 Å². The van der Waals surface area contributed by atoms with Gasteiger partial charge in [0.05, 0.1) is 11.4 Å². The molecule has 1 aromatic heterocycles. The molecular formula is C12H12F2N4OS. The fourth-order valence-electron chi connectivity index (χ4n) is 1.48. The molecule has 2 aromatic rings. The van der Waals surface area contributed by atoms with Crippen molar-refractivity contribution in [2.45, 2.75) is 18.6 Å². The van der Waals surface area contributed by atoms with Gasteiger partial charge in [-0.2, -0.15) is 0 Å². The summed E-state index contributed by atoms with van der Waals surface area (Å²) < 4.78 is 27.9. The largest absolute Gasteiger partial charge is 0.323 e. The van der Waals surface area contributed by atoms with Gasteiger partial charge in [0.25, 0.3) is 0 Å². The SMILES string of the molecule is CCn1cnnc1SCC(=O)Nc1ccc(F)cc1F. The lowest BCUT2D eigenvalue weighted by molar-refractivity contribution is -0.113. The van der Waals surface area contributed by atoms with Crippen LogP contribution in [0.1, 0.15) is 6.92 Å². The third-order valence-electron chi connectivity index (χ3n) is 2.46. The summed E-state index contributed by atoms with van der Waals surface area (Å²) in [7, 11) is 0. The van der Waals surface area contributed by atoms with E-state index in [1.54, 1.807) is 10.9 Å². The number of benzene rings is 1. The lowest BCUT2D eigenvalue weighted by Crippen LogP contribution is -2.15. The number of carbonyl (C=O) groups excluding carboxylic acids is 1. The Bertz CT molecular complexity index is 617. The van der Waals surface area contributed by atoms with E-state index in [0.717, 1.165) is 12.1 Å².